The fourth-order valence-electron chi connectivity index (χ4n) is 2.04. The number of benzene rings is 2. The third-order valence-electron chi connectivity index (χ3n) is 3.22. The summed E-state index contributed by atoms with van der Waals surface area (Å²) in [5.74, 6) is -1.46. The van der Waals surface area contributed by atoms with Crippen LogP contribution in [0.25, 0.3) is 0 Å². The Hall–Kier alpha value is -3.41. The third-order valence-corrected chi connectivity index (χ3v) is 3.22. The van der Waals surface area contributed by atoms with Gasteiger partial charge in [0.1, 0.15) is 0 Å². The molecule has 2 rings (SSSR count). The van der Waals surface area contributed by atoms with Crippen LogP contribution in [0.5, 0.6) is 0 Å². The third kappa shape index (κ3) is 3.44. The summed E-state index contributed by atoms with van der Waals surface area (Å²) in [6.07, 6.45) is 1.17. The van der Waals surface area contributed by atoms with Gasteiger partial charge in [-0.25, -0.2) is 0 Å². The van der Waals surface area contributed by atoms with Crippen LogP contribution in [0.1, 0.15) is 20.7 Å². The number of anilines is 2. The molecule has 0 radical (unpaired) electrons. The van der Waals surface area contributed by atoms with Crippen molar-refractivity contribution in [1.29, 1.82) is 0 Å². The number of rotatable bonds is 5. The molecule has 0 fully saturated rings. The van der Waals surface area contributed by atoms with E-state index >= 15 is 0 Å². The molecule has 6 nitrogen and oxygen atoms in total. The number of hydrogen-bond acceptors (Lipinski definition) is 3. The SMILES string of the molecule is C=CC(=O)N(c1ccc(C(N)=O)cc1)c1ccc(C(N)=O)cc1. The standard InChI is InChI=1S/C17H15N3O3/c1-2-15(21)20(13-7-3-11(4-8-13)16(18)22)14-9-5-12(6-10-14)17(19)23/h2-10H,1H2,(H2,18,22)(H2,19,23). The van der Waals surface area contributed by atoms with Gasteiger partial charge in [0.2, 0.25) is 11.8 Å². The summed E-state index contributed by atoms with van der Waals surface area (Å²) in [6, 6.07) is 12.5. The maximum absolute atomic E-state index is 12.2. The van der Waals surface area contributed by atoms with E-state index in [1.54, 1.807) is 24.3 Å². The molecule has 0 aliphatic rings. The first kappa shape index (κ1) is 16.0. The minimum Gasteiger partial charge on any atom is -0.366 e. The van der Waals surface area contributed by atoms with E-state index in [0.717, 1.165) is 0 Å². The molecule has 0 bridgehead atoms. The van der Waals surface area contributed by atoms with E-state index in [2.05, 4.69) is 6.58 Å². The van der Waals surface area contributed by atoms with Gasteiger partial charge in [0.25, 0.3) is 5.91 Å². The van der Waals surface area contributed by atoms with Crippen LogP contribution < -0.4 is 16.4 Å². The summed E-state index contributed by atoms with van der Waals surface area (Å²) < 4.78 is 0. The Labute approximate surface area is 133 Å². The molecule has 2 aromatic carbocycles. The average Bonchev–Trinajstić information content (AvgIpc) is 2.55. The van der Waals surface area contributed by atoms with Crippen LogP contribution in [-0.4, -0.2) is 17.7 Å². The molecule has 23 heavy (non-hydrogen) atoms. The molecule has 0 unspecified atom stereocenters. The number of primary amides is 2. The van der Waals surface area contributed by atoms with Gasteiger partial charge in [-0.05, 0) is 54.6 Å². The number of hydrogen-bond donors (Lipinski definition) is 2. The monoisotopic (exact) mass is 309 g/mol. The highest BCUT2D eigenvalue weighted by Crippen LogP contribution is 2.26. The van der Waals surface area contributed by atoms with Crippen LogP contribution in [-0.2, 0) is 4.79 Å². The molecule has 0 aromatic heterocycles. The van der Waals surface area contributed by atoms with E-state index in [9.17, 15) is 14.4 Å². The highest BCUT2D eigenvalue weighted by Gasteiger charge is 2.16. The van der Waals surface area contributed by atoms with Gasteiger partial charge in [0, 0.05) is 22.5 Å². The molecule has 0 aliphatic heterocycles. The number of amides is 3. The van der Waals surface area contributed by atoms with Crippen molar-refractivity contribution in [2.75, 3.05) is 4.90 Å². The molecule has 0 saturated heterocycles. The van der Waals surface area contributed by atoms with E-state index in [1.165, 1.54) is 35.2 Å². The molecule has 0 atom stereocenters. The second kappa shape index (κ2) is 6.57. The lowest BCUT2D eigenvalue weighted by molar-refractivity contribution is -0.113. The van der Waals surface area contributed by atoms with Crippen molar-refractivity contribution in [2.45, 2.75) is 0 Å². The first-order chi connectivity index (χ1) is 10.9. The zero-order chi connectivity index (χ0) is 17.0. The first-order valence-corrected chi connectivity index (χ1v) is 6.70. The van der Waals surface area contributed by atoms with Gasteiger partial charge >= 0.3 is 0 Å². The lowest BCUT2D eigenvalue weighted by atomic mass is 10.1. The van der Waals surface area contributed by atoms with Crippen molar-refractivity contribution in [3.63, 3.8) is 0 Å². The molecular formula is C17H15N3O3. The van der Waals surface area contributed by atoms with E-state index in [1.807, 2.05) is 0 Å². The van der Waals surface area contributed by atoms with Crippen molar-refractivity contribution in [2.24, 2.45) is 11.5 Å². The molecule has 116 valence electrons. The zero-order valence-corrected chi connectivity index (χ0v) is 12.2. The molecule has 6 heteroatoms. The zero-order valence-electron chi connectivity index (χ0n) is 12.2. The second-order valence-electron chi connectivity index (χ2n) is 4.70. The first-order valence-electron chi connectivity index (χ1n) is 6.70. The molecular weight excluding hydrogens is 294 g/mol. The van der Waals surface area contributed by atoms with Crippen LogP contribution in [0.4, 0.5) is 11.4 Å². The predicted octanol–water partition coefficient (Wildman–Crippen LogP) is 1.74. The molecule has 0 spiro atoms. The minimum absolute atomic E-state index is 0.337. The van der Waals surface area contributed by atoms with Gasteiger partial charge in [-0.3, -0.25) is 19.3 Å². The smallest absolute Gasteiger partial charge is 0.254 e. The van der Waals surface area contributed by atoms with Crippen LogP contribution in [0.2, 0.25) is 0 Å². The highest BCUT2D eigenvalue weighted by atomic mass is 16.2. The number of nitrogens with two attached hydrogens (primary N) is 2. The van der Waals surface area contributed by atoms with Crippen molar-refractivity contribution in [3.8, 4) is 0 Å². The van der Waals surface area contributed by atoms with Gasteiger partial charge < -0.3 is 11.5 Å². The van der Waals surface area contributed by atoms with Crippen molar-refractivity contribution in [1.82, 2.24) is 0 Å². The molecule has 4 N–H and O–H groups in total. The quantitative estimate of drug-likeness (QED) is 0.821. The fourth-order valence-corrected chi connectivity index (χ4v) is 2.04. The average molecular weight is 309 g/mol. The maximum Gasteiger partial charge on any atom is 0.254 e. The normalized spacial score (nSPS) is 9.91. The maximum atomic E-state index is 12.2. The minimum atomic E-state index is -0.552. The Morgan fingerprint density at radius 1 is 0.783 bits per heavy atom. The van der Waals surface area contributed by atoms with Gasteiger partial charge in [-0.15, -0.1) is 0 Å². The van der Waals surface area contributed by atoms with E-state index in [0.29, 0.717) is 22.5 Å². The topological polar surface area (TPSA) is 106 Å². The van der Waals surface area contributed by atoms with Crippen molar-refractivity contribution >= 4 is 29.1 Å². The van der Waals surface area contributed by atoms with Gasteiger partial charge in [0.05, 0.1) is 0 Å². The van der Waals surface area contributed by atoms with Crippen LogP contribution in [0, 0.1) is 0 Å². The fraction of sp³-hybridized carbons (Fsp3) is 0. The predicted molar refractivity (Wildman–Crippen MR) is 87.3 cm³/mol. The molecule has 0 saturated carbocycles. The van der Waals surface area contributed by atoms with Crippen molar-refractivity contribution < 1.29 is 14.4 Å². The largest absolute Gasteiger partial charge is 0.366 e. The molecule has 3 amide bonds. The van der Waals surface area contributed by atoms with E-state index in [4.69, 9.17) is 11.5 Å². The summed E-state index contributed by atoms with van der Waals surface area (Å²) in [7, 11) is 0. The van der Waals surface area contributed by atoms with E-state index < -0.39 is 11.8 Å². The van der Waals surface area contributed by atoms with Crippen LogP contribution >= 0.6 is 0 Å². The number of nitrogens with zero attached hydrogens (tertiary/aromatic N) is 1. The van der Waals surface area contributed by atoms with E-state index in [-0.39, 0.29) is 5.91 Å². The Balaban J connectivity index is 2.44. The Morgan fingerprint density at radius 2 is 1.13 bits per heavy atom. The van der Waals surface area contributed by atoms with Crippen LogP contribution in [0.3, 0.4) is 0 Å². The lowest BCUT2D eigenvalue weighted by Crippen LogP contribution is -2.24. The molecule has 2 aromatic rings. The van der Waals surface area contributed by atoms with Gasteiger partial charge in [-0.1, -0.05) is 6.58 Å². The number of carbonyl (C=O) groups excluding carboxylic acids is 3. The second-order valence-corrected chi connectivity index (χ2v) is 4.70. The molecule has 0 aliphatic carbocycles. The van der Waals surface area contributed by atoms with Crippen LogP contribution in [0.15, 0.2) is 61.2 Å². The summed E-state index contributed by atoms with van der Waals surface area (Å²) >= 11 is 0. The summed E-state index contributed by atoms with van der Waals surface area (Å²) in [5, 5.41) is 0. The lowest BCUT2D eigenvalue weighted by Gasteiger charge is -2.22. The summed E-state index contributed by atoms with van der Waals surface area (Å²) in [4.78, 5) is 35.8. The number of carbonyl (C=O) groups is 3. The Bertz CT molecular complexity index is 707. The van der Waals surface area contributed by atoms with Gasteiger partial charge in [-0.2, -0.15) is 0 Å². The Kier molecular flexibility index (Phi) is 4.56. The van der Waals surface area contributed by atoms with Gasteiger partial charge in [0.15, 0.2) is 0 Å². The summed E-state index contributed by atoms with van der Waals surface area (Å²) in [5.41, 5.74) is 12.1. The van der Waals surface area contributed by atoms with Crippen molar-refractivity contribution in [3.05, 3.63) is 72.3 Å². The molecule has 0 heterocycles. The highest BCUT2D eigenvalue weighted by molar-refractivity contribution is 6.07. The Morgan fingerprint density at radius 3 is 1.39 bits per heavy atom. The summed E-state index contributed by atoms with van der Waals surface area (Å²) in [6.45, 7) is 3.48.